The summed E-state index contributed by atoms with van der Waals surface area (Å²) in [5, 5.41) is 38.4. The number of hydrogen-bond acceptors (Lipinski definition) is 12. The van der Waals surface area contributed by atoms with Gasteiger partial charge < -0.3 is 15.2 Å². The fourth-order valence-electron chi connectivity index (χ4n) is 3.52. The molecule has 2 aliphatic heterocycles. The molecule has 4 heterocycles. The van der Waals surface area contributed by atoms with Crippen molar-refractivity contribution in [3.8, 4) is 5.88 Å². The van der Waals surface area contributed by atoms with E-state index in [1.165, 1.54) is 47.1 Å². The zero-order chi connectivity index (χ0) is 25.4. The highest BCUT2D eigenvalue weighted by molar-refractivity contribution is 8.01. The molecule has 4 rings (SSSR count). The minimum Gasteiger partial charge on any atom is -0.477 e. The normalized spacial score (nSPS) is 20.2. The Morgan fingerprint density at radius 1 is 1.49 bits per heavy atom. The van der Waals surface area contributed by atoms with Gasteiger partial charge in [-0.15, -0.1) is 22.0 Å². The number of methoxy groups -OCH3 is 1. The molecule has 0 bridgehead atoms. The number of nitrogens with one attached hydrogen (secondary N) is 1. The number of carbonyl (C=O) groups excluding carboxylic acids is 2. The lowest BCUT2D eigenvalue weighted by atomic mass is 10.0. The van der Waals surface area contributed by atoms with Crippen LogP contribution in [0.4, 0.5) is 5.69 Å². The Morgan fingerprint density at radius 2 is 2.23 bits per heavy atom. The first-order valence-electron chi connectivity index (χ1n) is 9.97. The highest BCUT2D eigenvalue weighted by Crippen LogP contribution is 2.41. The van der Waals surface area contributed by atoms with Crippen molar-refractivity contribution < 1.29 is 29.2 Å². The molecule has 1 fully saturated rings. The van der Waals surface area contributed by atoms with Gasteiger partial charge in [0.1, 0.15) is 29.4 Å². The third kappa shape index (κ3) is 4.41. The Bertz CT molecular complexity index is 1240. The van der Waals surface area contributed by atoms with E-state index in [0.717, 1.165) is 10.9 Å². The number of carbonyl (C=O) groups is 3. The molecule has 18 heteroatoms. The Balaban J connectivity index is 1.46. The van der Waals surface area contributed by atoms with Crippen molar-refractivity contribution >= 4 is 47.0 Å². The Hall–Kier alpha value is -3.67. The lowest BCUT2D eigenvalue weighted by Crippen LogP contribution is -2.71. The second-order valence-electron chi connectivity index (χ2n) is 7.46. The van der Waals surface area contributed by atoms with Crippen LogP contribution in [0.5, 0.6) is 5.88 Å². The quantitative estimate of drug-likeness (QED) is 0.182. The molecule has 2 aliphatic rings. The lowest BCUT2D eigenvalue weighted by Gasteiger charge is -2.49. The molecule has 0 aromatic carbocycles. The fourth-order valence-corrected chi connectivity index (χ4v) is 5.85. The Morgan fingerprint density at radius 3 is 2.80 bits per heavy atom. The lowest BCUT2D eigenvalue weighted by molar-refractivity contribution is -0.385. The number of amides is 2. The van der Waals surface area contributed by atoms with Gasteiger partial charge in [0.15, 0.2) is 0 Å². The average Bonchev–Trinajstić information content (AvgIpc) is 3.45. The molecule has 16 nitrogen and oxygen atoms in total. The van der Waals surface area contributed by atoms with Crippen LogP contribution in [0.1, 0.15) is 13.0 Å². The Kier molecular flexibility index (Phi) is 6.66. The predicted octanol–water partition coefficient (Wildman–Crippen LogP) is -0.585. The monoisotopic (exact) mass is 525 g/mol. The zero-order valence-electron chi connectivity index (χ0n) is 18.5. The number of ether oxygens (including phenoxy) is 1. The summed E-state index contributed by atoms with van der Waals surface area (Å²) in [5.74, 6) is -2.06. The third-order valence-corrected chi connectivity index (χ3v) is 7.79. The molecule has 2 aromatic rings. The molecule has 186 valence electrons. The first kappa shape index (κ1) is 24.5. The molecule has 0 aliphatic carbocycles. The number of aryl methyl sites for hydroxylation is 1. The first-order valence-corrected chi connectivity index (χ1v) is 12.0. The van der Waals surface area contributed by atoms with Gasteiger partial charge in [-0.2, -0.15) is 0 Å². The van der Waals surface area contributed by atoms with E-state index in [1.54, 1.807) is 7.05 Å². The van der Waals surface area contributed by atoms with Gasteiger partial charge in [0, 0.05) is 18.6 Å². The number of fused-ring (bicyclic) bond motifs is 1. The number of nitrogens with zero attached hydrogens (tertiary/aromatic N) is 8. The van der Waals surface area contributed by atoms with Crippen LogP contribution in [-0.2, 0) is 21.4 Å². The largest absolute Gasteiger partial charge is 0.477 e. The predicted molar refractivity (Wildman–Crippen MR) is 119 cm³/mol. The average molecular weight is 526 g/mol. The number of carboxylic acids is 1. The Labute approximate surface area is 205 Å². The molecule has 2 amide bonds. The summed E-state index contributed by atoms with van der Waals surface area (Å²) in [4.78, 5) is 49.2. The van der Waals surface area contributed by atoms with Gasteiger partial charge in [-0.3, -0.25) is 24.6 Å². The maximum atomic E-state index is 12.9. The van der Waals surface area contributed by atoms with E-state index < -0.39 is 45.9 Å². The maximum absolute atomic E-state index is 12.9. The summed E-state index contributed by atoms with van der Waals surface area (Å²) in [6.07, 6.45) is 1.06. The van der Waals surface area contributed by atoms with Crippen molar-refractivity contribution in [3.05, 3.63) is 27.6 Å². The number of thioether (sulfide) groups is 2. The second kappa shape index (κ2) is 9.53. The van der Waals surface area contributed by atoms with Gasteiger partial charge >= 0.3 is 17.5 Å². The topological polar surface area (TPSA) is 200 Å². The van der Waals surface area contributed by atoms with Crippen LogP contribution >= 0.6 is 23.5 Å². The minimum absolute atomic E-state index is 0.118. The molecule has 1 saturated heterocycles. The van der Waals surface area contributed by atoms with Crippen LogP contribution in [-0.4, -0.2) is 92.7 Å². The van der Waals surface area contributed by atoms with Crippen LogP contribution < -0.4 is 10.1 Å². The van der Waals surface area contributed by atoms with Gasteiger partial charge in [0.05, 0.1) is 12.0 Å². The van der Waals surface area contributed by atoms with Crippen LogP contribution in [0, 0.1) is 10.1 Å². The van der Waals surface area contributed by atoms with Gasteiger partial charge in [-0.25, -0.2) is 14.2 Å². The van der Waals surface area contributed by atoms with Crippen molar-refractivity contribution in [2.45, 2.75) is 29.5 Å². The second-order valence-corrected chi connectivity index (χ2v) is 9.51. The van der Waals surface area contributed by atoms with Crippen molar-refractivity contribution in [2.75, 3.05) is 18.6 Å². The number of carboxylic acid groups (broad SMARTS) is 1. The van der Waals surface area contributed by atoms with Gasteiger partial charge in [0.2, 0.25) is 11.1 Å². The summed E-state index contributed by atoms with van der Waals surface area (Å²) < 4.78 is 7.39. The van der Waals surface area contributed by atoms with Crippen molar-refractivity contribution in [2.24, 2.45) is 7.05 Å². The minimum atomic E-state index is -1.25. The molecule has 35 heavy (non-hydrogen) atoms. The van der Waals surface area contributed by atoms with E-state index in [-0.39, 0.29) is 17.3 Å². The summed E-state index contributed by atoms with van der Waals surface area (Å²) in [6, 6.07) is -1.94. The standard InChI is InChI=1S/C17H19N9O7S2/c1-7(24-4-9(26(31)32)13(20-24)33-3)12(27)18-10-14(28)25-11(16(29)30)8(5-34-15(10)25)6-35-17-19-21-22-23(17)2/h4,7,10,15H,5-6H2,1-3H3,(H,18,27)(H,29,30). The summed E-state index contributed by atoms with van der Waals surface area (Å²) in [6.45, 7) is 1.46. The summed E-state index contributed by atoms with van der Waals surface area (Å²) in [5.41, 5.74) is 0.0150. The van der Waals surface area contributed by atoms with E-state index >= 15 is 0 Å². The van der Waals surface area contributed by atoms with Gasteiger partial charge in [-0.1, -0.05) is 11.8 Å². The van der Waals surface area contributed by atoms with Crippen LogP contribution in [0.25, 0.3) is 0 Å². The summed E-state index contributed by atoms with van der Waals surface area (Å²) >= 11 is 2.57. The number of rotatable bonds is 9. The highest BCUT2D eigenvalue weighted by atomic mass is 32.2. The van der Waals surface area contributed by atoms with Crippen LogP contribution in [0.3, 0.4) is 0 Å². The summed E-state index contributed by atoms with van der Waals surface area (Å²) in [7, 11) is 2.88. The number of aliphatic carboxylic acids is 1. The highest BCUT2D eigenvalue weighted by Gasteiger charge is 2.54. The first-order chi connectivity index (χ1) is 16.6. The molecule has 2 N–H and O–H groups in total. The fraction of sp³-hybridized carbons (Fsp3) is 0.471. The van der Waals surface area contributed by atoms with Crippen molar-refractivity contribution in [1.82, 2.24) is 40.2 Å². The van der Waals surface area contributed by atoms with E-state index in [4.69, 9.17) is 4.74 Å². The van der Waals surface area contributed by atoms with E-state index in [1.807, 2.05) is 0 Å². The molecule has 2 aromatic heterocycles. The number of β-lactam (4-membered cyclic amide) rings is 1. The van der Waals surface area contributed by atoms with Crippen LogP contribution in [0.2, 0.25) is 0 Å². The van der Waals surface area contributed by atoms with Crippen molar-refractivity contribution in [3.63, 3.8) is 0 Å². The van der Waals surface area contributed by atoms with Gasteiger partial charge in [0.25, 0.3) is 5.91 Å². The number of nitro groups is 1. The number of tetrazole rings is 1. The zero-order valence-corrected chi connectivity index (χ0v) is 20.1. The van der Waals surface area contributed by atoms with E-state index in [9.17, 15) is 29.6 Å². The SMILES string of the molecule is COc1nn(C(C)C(=O)NC2C(=O)N3C(C(=O)O)=C(CSc4nnnn4C)CSC23)cc1[N+](=O)[O-]. The molecule has 0 saturated carbocycles. The smallest absolute Gasteiger partial charge is 0.352 e. The number of aromatic nitrogens is 6. The molecular weight excluding hydrogens is 506 g/mol. The molecule has 3 atom stereocenters. The number of hydrogen-bond donors (Lipinski definition) is 2. The molecule has 3 unspecified atom stereocenters. The van der Waals surface area contributed by atoms with Crippen molar-refractivity contribution in [1.29, 1.82) is 0 Å². The van der Waals surface area contributed by atoms with Crippen LogP contribution in [0.15, 0.2) is 22.6 Å². The van der Waals surface area contributed by atoms with E-state index in [0.29, 0.717) is 16.5 Å². The molecule has 0 radical (unpaired) electrons. The molecule has 0 spiro atoms. The maximum Gasteiger partial charge on any atom is 0.352 e. The van der Waals surface area contributed by atoms with E-state index in [2.05, 4.69) is 25.9 Å². The third-order valence-electron chi connectivity index (χ3n) is 5.35. The van der Waals surface area contributed by atoms with Gasteiger partial charge in [-0.05, 0) is 22.9 Å². The molecular formula is C17H19N9O7S2.